The Morgan fingerprint density at radius 3 is 2.53 bits per heavy atom. The van der Waals surface area contributed by atoms with E-state index in [0.29, 0.717) is 23.3 Å². The number of halogens is 1. The Labute approximate surface area is 124 Å². The van der Waals surface area contributed by atoms with E-state index in [0.717, 1.165) is 4.88 Å². The highest BCUT2D eigenvalue weighted by molar-refractivity contribution is 7.89. The van der Waals surface area contributed by atoms with Crippen LogP contribution >= 0.6 is 22.9 Å². The molecule has 0 aliphatic carbocycles. The molecule has 1 atom stereocenters. The average molecular weight is 325 g/mol. The Morgan fingerprint density at radius 1 is 1.32 bits per heavy atom. The van der Waals surface area contributed by atoms with Crippen LogP contribution in [0.4, 0.5) is 0 Å². The van der Waals surface area contributed by atoms with Crippen LogP contribution in [-0.2, 0) is 10.0 Å². The summed E-state index contributed by atoms with van der Waals surface area (Å²) in [4.78, 5) is 0.925. The van der Waals surface area contributed by atoms with E-state index in [2.05, 4.69) is 10.0 Å². The lowest BCUT2D eigenvalue weighted by molar-refractivity contribution is 0.553. The van der Waals surface area contributed by atoms with Gasteiger partial charge in [-0.15, -0.1) is 11.3 Å². The zero-order valence-corrected chi connectivity index (χ0v) is 13.8. The molecule has 7 heteroatoms. The van der Waals surface area contributed by atoms with E-state index in [9.17, 15) is 8.42 Å². The van der Waals surface area contributed by atoms with Gasteiger partial charge in [-0.25, -0.2) is 13.1 Å². The number of thiophene rings is 1. The molecule has 110 valence electrons. The summed E-state index contributed by atoms with van der Waals surface area (Å²) in [6.07, 6.45) is 0.603. The summed E-state index contributed by atoms with van der Waals surface area (Å²) in [7, 11) is -3.24. The van der Waals surface area contributed by atoms with Gasteiger partial charge in [0.25, 0.3) is 0 Å². The maximum Gasteiger partial charge on any atom is 0.212 e. The summed E-state index contributed by atoms with van der Waals surface area (Å²) >= 11 is 7.24. The van der Waals surface area contributed by atoms with Crippen LogP contribution < -0.4 is 10.0 Å². The monoisotopic (exact) mass is 324 g/mol. The van der Waals surface area contributed by atoms with Gasteiger partial charge in [-0.1, -0.05) is 25.4 Å². The summed E-state index contributed by atoms with van der Waals surface area (Å²) in [6, 6.07) is 3.77. The number of sulfonamides is 1. The van der Waals surface area contributed by atoms with Crippen molar-refractivity contribution < 1.29 is 8.42 Å². The van der Waals surface area contributed by atoms with E-state index < -0.39 is 10.0 Å². The zero-order valence-electron chi connectivity index (χ0n) is 11.4. The number of hydrogen-bond donors (Lipinski definition) is 2. The molecule has 0 aliphatic rings. The molecule has 1 unspecified atom stereocenters. The van der Waals surface area contributed by atoms with Gasteiger partial charge in [0.2, 0.25) is 10.0 Å². The first-order valence-corrected chi connectivity index (χ1v) is 9.13. The van der Waals surface area contributed by atoms with Crippen LogP contribution in [0.5, 0.6) is 0 Å². The molecule has 0 bridgehead atoms. The van der Waals surface area contributed by atoms with Crippen LogP contribution in [0, 0.1) is 0 Å². The fourth-order valence-corrected chi connectivity index (χ4v) is 4.05. The summed E-state index contributed by atoms with van der Waals surface area (Å²) in [6.45, 7) is 6.61. The lowest BCUT2D eigenvalue weighted by Gasteiger charge is -2.13. The Morgan fingerprint density at radius 2 is 2.00 bits per heavy atom. The normalized spacial score (nSPS) is 13.9. The van der Waals surface area contributed by atoms with Gasteiger partial charge >= 0.3 is 0 Å². The van der Waals surface area contributed by atoms with Crippen LogP contribution in [0.1, 0.15) is 38.1 Å². The van der Waals surface area contributed by atoms with E-state index in [4.69, 9.17) is 11.6 Å². The highest BCUT2D eigenvalue weighted by atomic mass is 35.5. The van der Waals surface area contributed by atoms with Gasteiger partial charge < -0.3 is 5.32 Å². The second-order valence-electron chi connectivity index (χ2n) is 4.76. The maximum absolute atomic E-state index is 11.9. The molecule has 2 N–H and O–H groups in total. The molecule has 1 rings (SSSR count). The maximum atomic E-state index is 11.9. The van der Waals surface area contributed by atoms with Gasteiger partial charge in [-0.3, -0.25) is 0 Å². The zero-order chi connectivity index (χ0) is 14.5. The largest absolute Gasteiger partial charge is 0.314 e. The molecule has 1 aromatic rings. The topological polar surface area (TPSA) is 58.2 Å². The average Bonchev–Trinajstić information content (AvgIpc) is 2.70. The van der Waals surface area contributed by atoms with Crippen LogP contribution in [-0.4, -0.2) is 26.8 Å². The molecule has 0 fully saturated rings. The minimum Gasteiger partial charge on any atom is -0.314 e. The van der Waals surface area contributed by atoms with Crippen LogP contribution in [0.3, 0.4) is 0 Å². The van der Waals surface area contributed by atoms with Crippen molar-refractivity contribution in [3.8, 4) is 0 Å². The van der Waals surface area contributed by atoms with Gasteiger partial charge in [0, 0.05) is 10.9 Å². The Hall–Kier alpha value is -0.140. The molecular weight excluding hydrogens is 304 g/mol. The lowest BCUT2D eigenvalue weighted by atomic mass is 10.3. The smallest absolute Gasteiger partial charge is 0.212 e. The minimum absolute atomic E-state index is 0.135. The predicted octanol–water partition coefficient (Wildman–Crippen LogP) is 2.77. The van der Waals surface area contributed by atoms with E-state index in [-0.39, 0.29) is 11.8 Å². The van der Waals surface area contributed by atoms with Crippen molar-refractivity contribution >= 4 is 33.0 Å². The first-order chi connectivity index (χ1) is 8.80. The third-order valence-electron chi connectivity index (χ3n) is 2.52. The van der Waals surface area contributed by atoms with E-state index in [1.165, 1.54) is 11.3 Å². The summed E-state index contributed by atoms with van der Waals surface area (Å²) in [5, 5.41) is 3.20. The van der Waals surface area contributed by atoms with Crippen LogP contribution in [0.25, 0.3) is 0 Å². The van der Waals surface area contributed by atoms with Gasteiger partial charge in [-0.2, -0.15) is 0 Å². The van der Waals surface area contributed by atoms with Crippen molar-refractivity contribution in [2.24, 2.45) is 0 Å². The van der Waals surface area contributed by atoms with Crippen molar-refractivity contribution in [1.82, 2.24) is 10.0 Å². The fraction of sp³-hybridized carbons (Fsp3) is 0.667. The Kier molecular flexibility index (Phi) is 6.76. The number of rotatable bonds is 8. The molecule has 0 amide bonds. The molecule has 4 nitrogen and oxygen atoms in total. The standard InChI is InChI=1S/C12H21ClN2O2S2/c1-9(2)14-7-4-8-19(16,17)15-10(3)11-5-6-12(13)18-11/h5-6,9-10,14-15H,4,7-8H2,1-3H3. The van der Waals surface area contributed by atoms with E-state index >= 15 is 0 Å². The first kappa shape index (κ1) is 16.9. The molecule has 0 aromatic carbocycles. The third kappa shape index (κ3) is 6.72. The quantitative estimate of drug-likeness (QED) is 0.723. The van der Waals surface area contributed by atoms with Crippen molar-refractivity contribution in [2.75, 3.05) is 12.3 Å². The summed E-state index contributed by atoms with van der Waals surface area (Å²) in [5.74, 6) is 0.135. The summed E-state index contributed by atoms with van der Waals surface area (Å²) < 4.78 is 27.1. The molecule has 1 heterocycles. The second-order valence-corrected chi connectivity index (χ2v) is 8.38. The molecular formula is C12H21ClN2O2S2. The van der Waals surface area contributed by atoms with E-state index in [1.54, 1.807) is 6.07 Å². The second kappa shape index (κ2) is 7.59. The van der Waals surface area contributed by atoms with Crippen molar-refractivity contribution in [1.29, 1.82) is 0 Å². The van der Waals surface area contributed by atoms with Crippen LogP contribution in [0.2, 0.25) is 4.34 Å². The molecule has 1 aromatic heterocycles. The molecule has 0 saturated carbocycles. The lowest BCUT2D eigenvalue weighted by Crippen LogP contribution is -2.31. The Balaban J connectivity index is 2.41. The molecule has 0 radical (unpaired) electrons. The fourth-order valence-electron chi connectivity index (χ4n) is 1.60. The van der Waals surface area contributed by atoms with Crippen molar-refractivity contribution in [3.63, 3.8) is 0 Å². The summed E-state index contributed by atoms with van der Waals surface area (Å²) in [5.41, 5.74) is 0. The highest BCUT2D eigenvalue weighted by Gasteiger charge is 2.16. The molecule has 0 spiro atoms. The van der Waals surface area contributed by atoms with Gasteiger partial charge in [0.1, 0.15) is 0 Å². The third-order valence-corrected chi connectivity index (χ3v) is 5.47. The SMILES string of the molecule is CC(C)NCCCS(=O)(=O)NC(C)c1ccc(Cl)s1. The molecule has 0 aliphatic heterocycles. The van der Waals surface area contributed by atoms with Crippen molar-refractivity contribution in [3.05, 3.63) is 21.3 Å². The first-order valence-electron chi connectivity index (χ1n) is 6.29. The van der Waals surface area contributed by atoms with Gasteiger partial charge in [-0.05, 0) is 32.0 Å². The van der Waals surface area contributed by atoms with Gasteiger partial charge in [0.05, 0.1) is 16.1 Å². The predicted molar refractivity (Wildman–Crippen MR) is 82.4 cm³/mol. The molecule has 19 heavy (non-hydrogen) atoms. The van der Waals surface area contributed by atoms with Crippen LogP contribution in [0.15, 0.2) is 12.1 Å². The van der Waals surface area contributed by atoms with Crippen molar-refractivity contribution in [2.45, 2.75) is 39.3 Å². The van der Waals surface area contributed by atoms with Gasteiger partial charge in [0.15, 0.2) is 0 Å². The highest BCUT2D eigenvalue weighted by Crippen LogP contribution is 2.26. The molecule has 0 saturated heterocycles. The minimum atomic E-state index is -3.24. The Bertz CT molecular complexity index is 486. The van der Waals surface area contributed by atoms with E-state index in [1.807, 2.05) is 26.8 Å². The number of nitrogens with one attached hydrogen (secondary N) is 2. The number of hydrogen-bond acceptors (Lipinski definition) is 4.